The highest BCUT2D eigenvalue weighted by molar-refractivity contribution is 7.15. The van der Waals surface area contributed by atoms with Gasteiger partial charge in [0.05, 0.1) is 26.0 Å². The predicted octanol–water partition coefficient (Wildman–Crippen LogP) is 4.23. The summed E-state index contributed by atoms with van der Waals surface area (Å²) in [6.07, 6.45) is 0.887. The minimum absolute atomic E-state index is 0.0242. The fourth-order valence-corrected chi connectivity index (χ4v) is 5.47. The van der Waals surface area contributed by atoms with Gasteiger partial charge in [-0.2, -0.15) is 0 Å². The Kier molecular flexibility index (Phi) is 5.45. The van der Waals surface area contributed by atoms with E-state index in [4.69, 9.17) is 14.5 Å². The lowest BCUT2D eigenvalue weighted by Gasteiger charge is -2.38. The number of nitrogens with zero attached hydrogens (tertiary/aromatic N) is 3. The second-order valence-electron chi connectivity index (χ2n) is 8.02. The van der Waals surface area contributed by atoms with Crippen LogP contribution in [0.3, 0.4) is 0 Å². The Morgan fingerprint density at radius 2 is 1.84 bits per heavy atom. The number of hydrogen-bond donors (Lipinski definition) is 0. The maximum Gasteiger partial charge on any atom is 0.259 e. The predicted molar refractivity (Wildman–Crippen MR) is 126 cm³/mol. The molecule has 3 heterocycles. The molecule has 0 bridgehead atoms. The van der Waals surface area contributed by atoms with E-state index >= 15 is 0 Å². The van der Waals surface area contributed by atoms with Gasteiger partial charge in [0.2, 0.25) is 0 Å². The molecule has 2 aromatic carbocycles. The minimum Gasteiger partial charge on any atom is -0.493 e. The molecule has 0 spiro atoms. The third-order valence-electron chi connectivity index (χ3n) is 6.08. The molecule has 0 saturated carbocycles. The van der Waals surface area contributed by atoms with Crippen molar-refractivity contribution >= 4 is 16.3 Å². The second-order valence-corrected chi connectivity index (χ2v) is 8.86. The lowest BCUT2D eigenvalue weighted by atomic mass is 9.87. The van der Waals surface area contributed by atoms with E-state index in [0.717, 1.165) is 40.8 Å². The molecule has 6 nitrogen and oxygen atoms in total. The average molecular weight is 448 g/mol. The molecule has 0 radical (unpaired) electrons. The van der Waals surface area contributed by atoms with Crippen molar-refractivity contribution in [2.75, 3.05) is 20.8 Å². The summed E-state index contributed by atoms with van der Waals surface area (Å²) in [6.45, 7) is 3.38. The Labute approximate surface area is 190 Å². The summed E-state index contributed by atoms with van der Waals surface area (Å²) in [5.74, 6) is 1.47. The van der Waals surface area contributed by atoms with Crippen LogP contribution in [0.1, 0.15) is 34.1 Å². The third-order valence-corrected chi connectivity index (χ3v) is 7.03. The second kappa shape index (κ2) is 8.41. The van der Waals surface area contributed by atoms with E-state index in [-0.39, 0.29) is 11.6 Å². The minimum atomic E-state index is -0.0242. The van der Waals surface area contributed by atoms with E-state index in [9.17, 15) is 4.79 Å². The smallest absolute Gasteiger partial charge is 0.259 e. The van der Waals surface area contributed by atoms with Crippen molar-refractivity contribution in [2.45, 2.75) is 25.9 Å². The van der Waals surface area contributed by atoms with E-state index < -0.39 is 0 Å². The molecule has 0 amide bonds. The van der Waals surface area contributed by atoms with Crippen LogP contribution in [0, 0.1) is 6.92 Å². The molecule has 0 unspecified atom stereocenters. The van der Waals surface area contributed by atoms with Crippen molar-refractivity contribution in [3.8, 4) is 11.5 Å². The van der Waals surface area contributed by atoms with Crippen LogP contribution in [0.15, 0.2) is 58.7 Å². The molecule has 0 saturated heterocycles. The van der Waals surface area contributed by atoms with E-state index in [1.165, 1.54) is 28.0 Å². The largest absolute Gasteiger partial charge is 0.493 e. The van der Waals surface area contributed by atoms with Crippen molar-refractivity contribution in [1.29, 1.82) is 0 Å². The van der Waals surface area contributed by atoms with Gasteiger partial charge >= 0.3 is 0 Å². The maximum absolute atomic E-state index is 12.7. The van der Waals surface area contributed by atoms with Gasteiger partial charge in [0, 0.05) is 30.2 Å². The molecule has 1 atom stereocenters. The number of aromatic nitrogens is 2. The highest BCUT2D eigenvalue weighted by Gasteiger charge is 2.31. The van der Waals surface area contributed by atoms with Gasteiger partial charge in [-0.25, -0.2) is 4.98 Å². The molecule has 1 aliphatic heterocycles. The zero-order chi connectivity index (χ0) is 22.2. The first-order valence-electron chi connectivity index (χ1n) is 10.6. The van der Waals surface area contributed by atoms with Crippen molar-refractivity contribution in [1.82, 2.24) is 14.3 Å². The van der Waals surface area contributed by atoms with Crippen LogP contribution in [-0.2, 0) is 13.0 Å². The van der Waals surface area contributed by atoms with Crippen LogP contribution in [0.5, 0.6) is 11.5 Å². The quantitative estimate of drug-likeness (QED) is 0.458. The molecule has 7 heteroatoms. The van der Waals surface area contributed by atoms with Crippen LogP contribution in [0.4, 0.5) is 0 Å². The van der Waals surface area contributed by atoms with Crippen LogP contribution in [-0.4, -0.2) is 35.0 Å². The number of aryl methyl sites for hydroxylation is 1. The summed E-state index contributed by atoms with van der Waals surface area (Å²) in [7, 11) is 3.33. The number of rotatable bonds is 5. The Hall–Kier alpha value is -3.16. The highest BCUT2D eigenvalue weighted by Crippen LogP contribution is 2.41. The van der Waals surface area contributed by atoms with Crippen LogP contribution in [0.2, 0.25) is 0 Å². The van der Waals surface area contributed by atoms with Gasteiger partial charge in [-0.3, -0.25) is 14.1 Å². The molecule has 0 fully saturated rings. The summed E-state index contributed by atoms with van der Waals surface area (Å²) >= 11 is 1.50. The zero-order valence-corrected chi connectivity index (χ0v) is 19.2. The van der Waals surface area contributed by atoms with Gasteiger partial charge in [-0.15, -0.1) is 11.3 Å². The van der Waals surface area contributed by atoms with Gasteiger partial charge in [0.25, 0.3) is 5.56 Å². The highest BCUT2D eigenvalue weighted by atomic mass is 32.1. The molecule has 2 aromatic heterocycles. The van der Waals surface area contributed by atoms with Gasteiger partial charge in [-0.1, -0.05) is 30.3 Å². The van der Waals surface area contributed by atoms with Crippen molar-refractivity contribution in [3.63, 3.8) is 0 Å². The van der Waals surface area contributed by atoms with Gasteiger partial charge in [-0.05, 0) is 42.2 Å². The van der Waals surface area contributed by atoms with Crippen molar-refractivity contribution in [2.24, 2.45) is 0 Å². The average Bonchev–Trinajstić information content (AvgIpc) is 3.19. The Morgan fingerprint density at radius 3 is 2.59 bits per heavy atom. The maximum atomic E-state index is 12.7. The van der Waals surface area contributed by atoms with E-state index in [1.807, 2.05) is 18.4 Å². The normalized spacial score (nSPS) is 16.2. The number of hydrogen-bond acceptors (Lipinski definition) is 6. The summed E-state index contributed by atoms with van der Waals surface area (Å²) in [5.41, 5.74) is 5.34. The topological polar surface area (TPSA) is 56.1 Å². The van der Waals surface area contributed by atoms with Crippen LogP contribution < -0.4 is 15.0 Å². The van der Waals surface area contributed by atoms with E-state index in [2.05, 4.69) is 41.3 Å². The third kappa shape index (κ3) is 3.57. The van der Waals surface area contributed by atoms with E-state index in [1.54, 1.807) is 24.7 Å². The Bertz CT molecular complexity index is 1330. The lowest BCUT2D eigenvalue weighted by molar-refractivity contribution is 0.201. The summed E-state index contributed by atoms with van der Waals surface area (Å²) < 4.78 is 12.8. The van der Waals surface area contributed by atoms with Gasteiger partial charge < -0.3 is 9.47 Å². The molecule has 1 aliphatic rings. The standard InChI is InChI=1S/C25H25N3O3S/c1-16-15-32-25-26-19(12-23(29)28(16)25)14-27-10-9-18-11-21(30-2)22(31-3)13-20(18)24(27)17-7-5-4-6-8-17/h4-8,11-13,15,24H,9-10,14H2,1-3H3/t24-/m1/s1. The molecule has 4 aromatic rings. The van der Waals surface area contributed by atoms with Crippen molar-refractivity contribution < 1.29 is 9.47 Å². The first-order chi connectivity index (χ1) is 15.6. The number of fused-ring (bicyclic) bond motifs is 2. The Morgan fingerprint density at radius 1 is 1.09 bits per heavy atom. The number of thiazole rings is 1. The number of benzene rings is 2. The summed E-state index contributed by atoms with van der Waals surface area (Å²) in [6, 6.07) is 16.3. The molecule has 32 heavy (non-hydrogen) atoms. The first kappa shape index (κ1) is 20.7. The van der Waals surface area contributed by atoms with Gasteiger partial charge in [0.1, 0.15) is 0 Å². The molecule has 0 aliphatic carbocycles. The number of methoxy groups -OCH3 is 2. The molecule has 164 valence electrons. The Balaban J connectivity index is 1.59. The lowest BCUT2D eigenvalue weighted by Crippen LogP contribution is -2.36. The van der Waals surface area contributed by atoms with Crippen LogP contribution >= 0.6 is 11.3 Å². The fourth-order valence-electron chi connectivity index (χ4n) is 4.58. The molecule has 0 N–H and O–H groups in total. The van der Waals surface area contributed by atoms with Crippen molar-refractivity contribution in [3.05, 3.63) is 92.3 Å². The first-order valence-corrected chi connectivity index (χ1v) is 11.5. The molecular weight excluding hydrogens is 422 g/mol. The van der Waals surface area contributed by atoms with Crippen LogP contribution in [0.25, 0.3) is 4.96 Å². The fraction of sp³-hybridized carbons (Fsp3) is 0.280. The molecule has 5 rings (SSSR count). The zero-order valence-electron chi connectivity index (χ0n) is 18.4. The number of ether oxygens (including phenoxy) is 2. The monoisotopic (exact) mass is 447 g/mol. The SMILES string of the molecule is COc1cc2c(cc1OC)[C@@H](c1ccccc1)N(Cc1cc(=O)n3c(C)csc3n1)CC2. The summed E-state index contributed by atoms with van der Waals surface area (Å²) in [5, 5.41) is 1.97. The summed E-state index contributed by atoms with van der Waals surface area (Å²) in [4.78, 5) is 20.6. The molecular formula is C25H25N3O3S. The van der Waals surface area contributed by atoms with E-state index in [0.29, 0.717) is 6.54 Å². The van der Waals surface area contributed by atoms with Gasteiger partial charge in [0.15, 0.2) is 16.5 Å².